The Morgan fingerprint density at radius 1 is 1.27 bits per heavy atom. The summed E-state index contributed by atoms with van der Waals surface area (Å²) in [5.41, 5.74) is 0.116. The highest BCUT2D eigenvalue weighted by molar-refractivity contribution is 5.57. The molecule has 6 heteroatoms. The number of anilines is 1. The molecule has 3 atom stereocenters. The summed E-state index contributed by atoms with van der Waals surface area (Å²) in [6.45, 7) is 6.29. The summed E-state index contributed by atoms with van der Waals surface area (Å²) in [6.07, 6.45) is 6.38. The minimum atomic E-state index is -0.326. The zero-order valence-corrected chi connectivity index (χ0v) is 13.3. The van der Waals surface area contributed by atoms with Crippen molar-refractivity contribution in [3.63, 3.8) is 0 Å². The smallest absolute Gasteiger partial charge is 0.311 e. The topological polar surface area (TPSA) is 62.5 Å². The van der Waals surface area contributed by atoms with Gasteiger partial charge in [-0.05, 0) is 45.6 Å². The molecule has 120 valence electrons. The van der Waals surface area contributed by atoms with E-state index in [1.54, 1.807) is 18.3 Å². The van der Waals surface area contributed by atoms with Crippen molar-refractivity contribution in [2.75, 3.05) is 18.0 Å². The fourth-order valence-electron chi connectivity index (χ4n) is 4.10. The van der Waals surface area contributed by atoms with E-state index in [1.807, 2.05) is 0 Å². The number of hydrogen-bond acceptors (Lipinski definition) is 5. The molecule has 0 N–H and O–H groups in total. The molecule has 0 unspecified atom stereocenters. The maximum atomic E-state index is 11.2. The predicted octanol–water partition coefficient (Wildman–Crippen LogP) is 2.83. The van der Waals surface area contributed by atoms with Gasteiger partial charge in [-0.15, -0.1) is 0 Å². The van der Waals surface area contributed by atoms with Crippen LogP contribution >= 0.6 is 0 Å². The SMILES string of the molecule is C[C@@H]1CC[C@H](C)N1[C@@H]1CCCN(c2ncccc2[N+](=O)[O-])C1. The minimum absolute atomic E-state index is 0.116. The van der Waals surface area contributed by atoms with Crippen LogP contribution in [0.25, 0.3) is 0 Å². The molecule has 0 saturated carbocycles. The lowest BCUT2D eigenvalue weighted by Gasteiger charge is -2.41. The monoisotopic (exact) mass is 304 g/mol. The molecule has 2 aliphatic rings. The van der Waals surface area contributed by atoms with Gasteiger partial charge in [0.1, 0.15) is 0 Å². The average Bonchev–Trinajstić information content (AvgIpc) is 2.86. The van der Waals surface area contributed by atoms with Crippen LogP contribution in [0.3, 0.4) is 0 Å². The second kappa shape index (κ2) is 6.20. The summed E-state index contributed by atoms with van der Waals surface area (Å²) in [4.78, 5) is 19.9. The molecular weight excluding hydrogens is 280 g/mol. The lowest BCUT2D eigenvalue weighted by Crippen LogP contribution is -2.51. The van der Waals surface area contributed by atoms with Gasteiger partial charge in [0.25, 0.3) is 0 Å². The first-order chi connectivity index (χ1) is 10.6. The Bertz CT molecular complexity index is 541. The van der Waals surface area contributed by atoms with Gasteiger partial charge >= 0.3 is 5.69 Å². The lowest BCUT2D eigenvalue weighted by atomic mass is 10.0. The minimum Gasteiger partial charge on any atom is -0.349 e. The fourth-order valence-corrected chi connectivity index (χ4v) is 4.10. The van der Waals surface area contributed by atoms with Crippen LogP contribution in [0.5, 0.6) is 0 Å². The first kappa shape index (κ1) is 15.2. The summed E-state index contributed by atoms with van der Waals surface area (Å²) in [6, 6.07) is 4.88. The number of hydrogen-bond donors (Lipinski definition) is 0. The van der Waals surface area contributed by atoms with Gasteiger partial charge in [-0.1, -0.05) is 0 Å². The molecule has 0 aromatic carbocycles. The molecule has 1 aromatic rings. The zero-order chi connectivity index (χ0) is 15.7. The summed E-state index contributed by atoms with van der Waals surface area (Å²) in [5.74, 6) is 0.525. The van der Waals surface area contributed by atoms with E-state index >= 15 is 0 Å². The first-order valence-corrected chi connectivity index (χ1v) is 8.19. The van der Waals surface area contributed by atoms with Gasteiger partial charge in [-0.3, -0.25) is 15.0 Å². The fraction of sp³-hybridized carbons (Fsp3) is 0.688. The predicted molar refractivity (Wildman–Crippen MR) is 86.1 cm³/mol. The average molecular weight is 304 g/mol. The van der Waals surface area contributed by atoms with Crippen LogP contribution in [0.2, 0.25) is 0 Å². The second-order valence-corrected chi connectivity index (χ2v) is 6.57. The van der Waals surface area contributed by atoms with Crippen molar-refractivity contribution in [3.8, 4) is 0 Å². The van der Waals surface area contributed by atoms with Crippen LogP contribution < -0.4 is 4.90 Å². The molecule has 6 nitrogen and oxygen atoms in total. The van der Waals surface area contributed by atoms with Gasteiger partial charge in [0.05, 0.1) is 4.92 Å². The van der Waals surface area contributed by atoms with E-state index in [-0.39, 0.29) is 10.6 Å². The molecule has 22 heavy (non-hydrogen) atoms. The van der Waals surface area contributed by atoms with Crippen LogP contribution in [0, 0.1) is 10.1 Å². The molecule has 0 radical (unpaired) electrons. The van der Waals surface area contributed by atoms with Gasteiger partial charge in [0, 0.05) is 43.5 Å². The standard InChI is InChI=1S/C16H24N4O2/c1-12-7-8-13(2)19(12)14-5-4-10-18(11-14)16-15(20(21)22)6-3-9-17-16/h3,6,9,12-14H,4-5,7-8,10-11H2,1-2H3/t12-,13+,14-/m1/s1. The quantitative estimate of drug-likeness (QED) is 0.634. The summed E-state index contributed by atoms with van der Waals surface area (Å²) < 4.78 is 0. The van der Waals surface area contributed by atoms with Gasteiger partial charge in [0.15, 0.2) is 0 Å². The van der Waals surface area contributed by atoms with Crippen molar-refractivity contribution < 1.29 is 4.92 Å². The molecular formula is C16H24N4O2. The van der Waals surface area contributed by atoms with E-state index < -0.39 is 0 Å². The van der Waals surface area contributed by atoms with Crippen LogP contribution in [0.4, 0.5) is 11.5 Å². The molecule has 0 amide bonds. The van der Waals surface area contributed by atoms with Crippen molar-refractivity contribution in [1.82, 2.24) is 9.88 Å². The van der Waals surface area contributed by atoms with Crippen LogP contribution in [0.1, 0.15) is 39.5 Å². The number of likely N-dealkylation sites (tertiary alicyclic amines) is 1. The van der Waals surface area contributed by atoms with Gasteiger partial charge in [-0.2, -0.15) is 0 Å². The molecule has 2 aliphatic heterocycles. The third kappa shape index (κ3) is 2.79. The first-order valence-electron chi connectivity index (χ1n) is 8.19. The Hall–Kier alpha value is -1.69. The van der Waals surface area contributed by atoms with Crippen molar-refractivity contribution in [1.29, 1.82) is 0 Å². The Kier molecular flexibility index (Phi) is 4.29. The van der Waals surface area contributed by atoms with E-state index in [4.69, 9.17) is 0 Å². The summed E-state index contributed by atoms with van der Waals surface area (Å²) >= 11 is 0. The van der Waals surface area contributed by atoms with E-state index in [0.29, 0.717) is 23.9 Å². The van der Waals surface area contributed by atoms with E-state index in [2.05, 4.69) is 28.6 Å². The van der Waals surface area contributed by atoms with Crippen LogP contribution in [-0.2, 0) is 0 Å². The van der Waals surface area contributed by atoms with Crippen LogP contribution in [-0.4, -0.2) is 46.0 Å². The number of piperidine rings is 1. The van der Waals surface area contributed by atoms with Crippen molar-refractivity contribution in [2.45, 2.75) is 57.7 Å². The maximum Gasteiger partial charge on any atom is 0.311 e. The Balaban J connectivity index is 1.80. The molecule has 0 aliphatic carbocycles. The largest absolute Gasteiger partial charge is 0.349 e. The summed E-state index contributed by atoms with van der Waals surface area (Å²) in [7, 11) is 0. The number of aromatic nitrogens is 1. The van der Waals surface area contributed by atoms with Gasteiger partial charge < -0.3 is 4.90 Å². The van der Waals surface area contributed by atoms with E-state index in [0.717, 1.165) is 19.5 Å². The van der Waals surface area contributed by atoms with E-state index in [9.17, 15) is 10.1 Å². The molecule has 3 heterocycles. The molecule has 0 bridgehead atoms. The lowest BCUT2D eigenvalue weighted by molar-refractivity contribution is -0.384. The molecule has 3 rings (SSSR count). The van der Waals surface area contributed by atoms with Gasteiger partial charge in [-0.25, -0.2) is 4.98 Å². The molecule has 1 aromatic heterocycles. The molecule has 2 fully saturated rings. The van der Waals surface area contributed by atoms with Crippen molar-refractivity contribution >= 4 is 11.5 Å². The van der Waals surface area contributed by atoms with Crippen molar-refractivity contribution in [3.05, 3.63) is 28.4 Å². The third-order valence-electron chi connectivity index (χ3n) is 5.10. The molecule has 2 saturated heterocycles. The number of rotatable bonds is 3. The van der Waals surface area contributed by atoms with Crippen molar-refractivity contribution in [2.24, 2.45) is 0 Å². The van der Waals surface area contributed by atoms with E-state index in [1.165, 1.54) is 19.3 Å². The Morgan fingerprint density at radius 2 is 2.00 bits per heavy atom. The Labute approximate surface area is 131 Å². The number of nitrogens with zero attached hydrogens (tertiary/aromatic N) is 4. The number of pyridine rings is 1. The highest BCUT2D eigenvalue weighted by Gasteiger charge is 2.36. The second-order valence-electron chi connectivity index (χ2n) is 6.57. The third-order valence-corrected chi connectivity index (χ3v) is 5.10. The Morgan fingerprint density at radius 3 is 2.68 bits per heavy atom. The maximum absolute atomic E-state index is 11.2. The number of nitro groups is 1. The zero-order valence-electron chi connectivity index (χ0n) is 13.3. The highest BCUT2D eigenvalue weighted by Crippen LogP contribution is 2.33. The van der Waals surface area contributed by atoms with Gasteiger partial charge in [0.2, 0.25) is 5.82 Å². The normalized spacial score (nSPS) is 29.7. The molecule has 0 spiro atoms. The summed E-state index contributed by atoms with van der Waals surface area (Å²) in [5, 5.41) is 11.2. The van der Waals surface area contributed by atoms with Crippen LogP contribution in [0.15, 0.2) is 18.3 Å². The highest BCUT2D eigenvalue weighted by atomic mass is 16.6.